The molecule has 10 heteroatoms. The minimum Gasteiger partial charge on any atom is -0.379 e. The zero-order valence-electron chi connectivity index (χ0n) is 13.6. The molecular weight excluding hydrogens is 353 g/mol. The first-order valence-electron chi connectivity index (χ1n) is 7.50. The quantitative estimate of drug-likeness (QED) is 0.598. The number of carbonyl (C=O) groups excluding carboxylic acids is 1. The predicted octanol–water partition coefficient (Wildman–Crippen LogP) is 3.76. The summed E-state index contributed by atoms with van der Waals surface area (Å²) in [5.41, 5.74) is -1.19. The number of benzene rings is 1. The third-order valence-corrected chi connectivity index (χ3v) is 3.35. The van der Waals surface area contributed by atoms with Gasteiger partial charge >= 0.3 is 6.18 Å². The monoisotopic (exact) mass is 368 g/mol. The Morgan fingerprint density at radius 2 is 2.00 bits per heavy atom. The number of rotatable bonds is 6. The molecule has 0 fully saturated rings. The van der Waals surface area contributed by atoms with Crippen LogP contribution in [-0.2, 0) is 11.0 Å². The first-order chi connectivity index (χ1) is 12.2. The Kier molecular flexibility index (Phi) is 5.75. The van der Waals surface area contributed by atoms with Gasteiger partial charge in [0.2, 0.25) is 5.91 Å². The van der Waals surface area contributed by atoms with Crippen LogP contribution in [0.5, 0.6) is 0 Å². The van der Waals surface area contributed by atoms with Gasteiger partial charge in [0, 0.05) is 24.7 Å². The summed E-state index contributed by atoms with van der Waals surface area (Å²) in [5.74, 6) is -0.0133. The van der Waals surface area contributed by atoms with Crippen LogP contribution in [-0.4, -0.2) is 22.4 Å². The molecule has 0 spiro atoms. The van der Waals surface area contributed by atoms with E-state index in [-0.39, 0.29) is 24.6 Å². The Hall–Kier alpha value is -3.17. The maximum absolute atomic E-state index is 12.7. The number of pyridine rings is 1. The summed E-state index contributed by atoms with van der Waals surface area (Å²) in [4.78, 5) is 26.0. The number of carbonyl (C=O) groups is 1. The molecule has 2 rings (SSSR count). The Morgan fingerprint density at radius 3 is 2.62 bits per heavy atom. The first-order valence-corrected chi connectivity index (χ1v) is 7.50. The van der Waals surface area contributed by atoms with Crippen LogP contribution in [0.4, 0.5) is 30.4 Å². The lowest BCUT2D eigenvalue weighted by molar-refractivity contribution is -0.384. The molecule has 26 heavy (non-hydrogen) atoms. The summed E-state index contributed by atoms with van der Waals surface area (Å²) < 4.78 is 38.0. The standard InChI is InChI=1S/C16H15F3N4O3/c1-10-3-2-4-14(21-10)22-15(24)7-8-20-12-6-5-11(16(17,18)19)9-13(12)23(25)26/h2-6,9,20H,7-8H2,1H3,(H,21,22,24). The van der Waals surface area contributed by atoms with Crippen LogP contribution in [0.3, 0.4) is 0 Å². The van der Waals surface area contributed by atoms with Crippen LogP contribution < -0.4 is 10.6 Å². The van der Waals surface area contributed by atoms with Gasteiger partial charge in [-0.1, -0.05) is 6.07 Å². The molecule has 1 aromatic heterocycles. The highest BCUT2D eigenvalue weighted by Gasteiger charge is 2.33. The lowest BCUT2D eigenvalue weighted by atomic mass is 10.1. The highest BCUT2D eigenvalue weighted by Crippen LogP contribution is 2.34. The highest BCUT2D eigenvalue weighted by atomic mass is 19.4. The average Bonchev–Trinajstić information content (AvgIpc) is 2.53. The van der Waals surface area contributed by atoms with Gasteiger partial charge in [-0.15, -0.1) is 0 Å². The summed E-state index contributed by atoms with van der Waals surface area (Å²) in [6.45, 7) is 1.77. The SMILES string of the molecule is Cc1cccc(NC(=O)CCNc2ccc(C(F)(F)F)cc2[N+](=O)[O-])n1. The van der Waals surface area contributed by atoms with Gasteiger partial charge in [0.25, 0.3) is 5.69 Å². The molecule has 0 aliphatic carbocycles. The maximum Gasteiger partial charge on any atom is 0.416 e. The maximum atomic E-state index is 12.7. The number of anilines is 2. The second-order valence-corrected chi connectivity index (χ2v) is 5.38. The fourth-order valence-electron chi connectivity index (χ4n) is 2.14. The molecule has 2 N–H and O–H groups in total. The van der Waals surface area contributed by atoms with Crippen molar-refractivity contribution in [3.63, 3.8) is 0 Å². The van der Waals surface area contributed by atoms with E-state index in [1.54, 1.807) is 25.1 Å². The minimum absolute atomic E-state index is 0.00382. The fourth-order valence-corrected chi connectivity index (χ4v) is 2.14. The van der Waals surface area contributed by atoms with E-state index in [4.69, 9.17) is 0 Å². The van der Waals surface area contributed by atoms with E-state index < -0.39 is 22.4 Å². The van der Waals surface area contributed by atoms with Crippen LogP contribution in [0.2, 0.25) is 0 Å². The molecule has 0 radical (unpaired) electrons. The number of aromatic nitrogens is 1. The normalized spacial score (nSPS) is 11.1. The van der Waals surface area contributed by atoms with Crippen LogP contribution in [0.1, 0.15) is 17.7 Å². The van der Waals surface area contributed by atoms with Crippen molar-refractivity contribution in [2.24, 2.45) is 0 Å². The first kappa shape index (κ1) is 19.2. The van der Waals surface area contributed by atoms with Gasteiger partial charge < -0.3 is 10.6 Å². The van der Waals surface area contributed by atoms with E-state index in [1.807, 2.05) is 0 Å². The van der Waals surface area contributed by atoms with Gasteiger partial charge in [-0.25, -0.2) is 4.98 Å². The topological polar surface area (TPSA) is 97.2 Å². The second kappa shape index (κ2) is 7.81. The number of nitro benzene ring substituents is 1. The lowest BCUT2D eigenvalue weighted by Crippen LogP contribution is -2.17. The molecule has 0 saturated heterocycles. The van der Waals surface area contributed by atoms with Crippen molar-refractivity contribution in [3.8, 4) is 0 Å². The van der Waals surface area contributed by atoms with Gasteiger partial charge in [-0.3, -0.25) is 14.9 Å². The molecular formula is C16H15F3N4O3. The van der Waals surface area contributed by atoms with Gasteiger partial charge in [0.1, 0.15) is 11.5 Å². The van der Waals surface area contributed by atoms with Gasteiger partial charge in [0.15, 0.2) is 0 Å². The van der Waals surface area contributed by atoms with Crippen LogP contribution >= 0.6 is 0 Å². The Morgan fingerprint density at radius 1 is 1.27 bits per heavy atom. The molecule has 1 heterocycles. The Labute approximate surface area is 146 Å². The van der Waals surface area contributed by atoms with Crippen LogP contribution in [0.15, 0.2) is 36.4 Å². The van der Waals surface area contributed by atoms with Crippen molar-refractivity contribution in [1.82, 2.24) is 4.98 Å². The third-order valence-electron chi connectivity index (χ3n) is 3.35. The molecule has 0 aliphatic rings. The molecule has 1 amide bonds. The molecule has 7 nitrogen and oxygen atoms in total. The van der Waals surface area contributed by atoms with Gasteiger partial charge in [-0.2, -0.15) is 13.2 Å². The Bertz CT molecular complexity index is 825. The number of alkyl halides is 3. The third kappa shape index (κ3) is 5.16. The molecule has 138 valence electrons. The summed E-state index contributed by atoms with van der Waals surface area (Å²) in [7, 11) is 0. The van der Waals surface area contributed by atoms with E-state index in [9.17, 15) is 28.1 Å². The van der Waals surface area contributed by atoms with Crippen molar-refractivity contribution >= 4 is 23.1 Å². The predicted molar refractivity (Wildman–Crippen MR) is 88.8 cm³/mol. The van der Waals surface area contributed by atoms with Crippen molar-refractivity contribution in [3.05, 3.63) is 57.8 Å². The van der Waals surface area contributed by atoms with Crippen molar-refractivity contribution in [1.29, 1.82) is 0 Å². The van der Waals surface area contributed by atoms with Crippen LogP contribution in [0.25, 0.3) is 0 Å². The molecule has 1 aromatic carbocycles. The summed E-state index contributed by atoms with van der Waals surface area (Å²) in [5, 5.41) is 16.2. The molecule has 2 aromatic rings. The summed E-state index contributed by atoms with van der Waals surface area (Å²) >= 11 is 0. The summed E-state index contributed by atoms with van der Waals surface area (Å²) in [6, 6.07) is 7.27. The van der Waals surface area contributed by atoms with E-state index >= 15 is 0 Å². The zero-order valence-corrected chi connectivity index (χ0v) is 13.6. The van der Waals surface area contributed by atoms with Crippen LogP contribution in [0, 0.1) is 17.0 Å². The number of amides is 1. The number of nitrogens with one attached hydrogen (secondary N) is 2. The number of nitrogens with zero attached hydrogens (tertiary/aromatic N) is 2. The van der Waals surface area contributed by atoms with Gasteiger partial charge in [-0.05, 0) is 31.2 Å². The number of halogens is 3. The highest BCUT2D eigenvalue weighted by molar-refractivity contribution is 5.90. The van der Waals surface area contributed by atoms with E-state index in [2.05, 4.69) is 15.6 Å². The number of nitro groups is 1. The van der Waals surface area contributed by atoms with E-state index in [0.29, 0.717) is 11.9 Å². The number of hydrogen-bond acceptors (Lipinski definition) is 5. The smallest absolute Gasteiger partial charge is 0.379 e. The van der Waals surface area contributed by atoms with Gasteiger partial charge in [0.05, 0.1) is 10.5 Å². The lowest BCUT2D eigenvalue weighted by Gasteiger charge is -2.10. The summed E-state index contributed by atoms with van der Waals surface area (Å²) in [6.07, 6.45) is -4.72. The van der Waals surface area contributed by atoms with Crippen molar-refractivity contribution < 1.29 is 22.9 Å². The molecule has 0 saturated carbocycles. The average molecular weight is 368 g/mol. The molecule has 0 aliphatic heterocycles. The molecule has 0 unspecified atom stereocenters. The van der Waals surface area contributed by atoms with E-state index in [1.165, 1.54) is 0 Å². The molecule has 0 bridgehead atoms. The number of aryl methyl sites for hydroxylation is 1. The zero-order chi connectivity index (χ0) is 19.3. The largest absolute Gasteiger partial charge is 0.416 e. The fraction of sp³-hybridized carbons (Fsp3) is 0.250. The second-order valence-electron chi connectivity index (χ2n) is 5.38. The minimum atomic E-state index is -4.68. The Balaban J connectivity index is 1.98. The van der Waals surface area contributed by atoms with Crippen molar-refractivity contribution in [2.45, 2.75) is 19.5 Å². The van der Waals surface area contributed by atoms with Crippen molar-refractivity contribution in [2.75, 3.05) is 17.2 Å². The number of hydrogen-bond donors (Lipinski definition) is 2. The molecule has 0 atom stereocenters. The van der Waals surface area contributed by atoms with E-state index in [0.717, 1.165) is 17.8 Å².